The maximum Gasteiger partial charge on any atom is 0.128 e. The standard InChI is InChI=1S/C9H18FNO/c1-7(11)9(2,10)8-4-3-5-12-6-8/h7-8H,3-6,11H2,1-2H3. The molecule has 3 atom stereocenters. The Kier molecular flexibility index (Phi) is 3.07. The number of halogens is 1. The van der Waals surface area contributed by atoms with Crippen LogP contribution in [-0.4, -0.2) is 24.9 Å². The predicted octanol–water partition coefficient (Wildman–Crippen LogP) is 1.49. The van der Waals surface area contributed by atoms with E-state index in [2.05, 4.69) is 0 Å². The summed E-state index contributed by atoms with van der Waals surface area (Å²) in [4.78, 5) is 0. The third kappa shape index (κ3) is 1.96. The molecule has 0 amide bonds. The van der Waals surface area contributed by atoms with Gasteiger partial charge in [0.25, 0.3) is 0 Å². The Morgan fingerprint density at radius 1 is 1.67 bits per heavy atom. The first-order chi connectivity index (χ1) is 5.55. The zero-order valence-corrected chi connectivity index (χ0v) is 7.85. The number of alkyl halides is 1. The molecule has 72 valence electrons. The molecule has 1 aliphatic heterocycles. The van der Waals surface area contributed by atoms with Crippen LogP contribution in [0.5, 0.6) is 0 Å². The van der Waals surface area contributed by atoms with Crippen LogP contribution in [0, 0.1) is 5.92 Å². The summed E-state index contributed by atoms with van der Waals surface area (Å²) < 4.78 is 19.1. The van der Waals surface area contributed by atoms with Gasteiger partial charge in [-0.1, -0.05) is 0 Å². The van der Waals surface area contributed by atoms with E-state index in [9.17, 15) is 4.39 Å². The van der Waals surface area contributed by atoms with Gasteiger partial charge in [-0.3, -0.25) is 0 Å². The average Bonchev–Trinajstić information content (AvgIpc) is 2.06. The Hall–Kier alpha value is -0.150. The van der Waals surface area contributed by atoms with Crippen molar-refractivity contribution in [3.63, 3.8) is 0 Å². The minimum absolute atomic E-state index is 0.0220. The van der Waals surface area contributed by atoms with E-state index in [1.807, 2.05) is 0 Å². The highest BCUT2D eigenvalue weighted by molar-refractivity contribution is 4.90. The molecule has 0 aliphatic carbocycles. The number of nitrogens with two attached hydrogens (primary N) is 1. The summed E-state index contributed by atoms with van der Waals surface area (Å²) in [6.45, 7) is 4.59. The lowest BCUT2D eigenvalue weighted by atomic mass is 9.82. The molecular weight excluding hydrogens is 157 g/mol. The molecule has 1 heterocycles. The number of hydrogen-bond acceptors (Lipinski definition) is 2. The van der Waals surface area contributed by atoms with Crippen molar-refractivity contribution in [3.05, 3.63) is 0 Å². The van der Waals surface area contributed by atoms with Crippen molar-refractivity contribution < 1.29 is 9.13 Å². The zero-order chi connectivity index (χ0) is 9.19. The van der Waals surface area contributed by atoms with Crippen molar-refractivity contribution in [1.29, 1.82) is 0 Å². The Balaban J connectivity index is 2.53. The SMILES string of the molecule is CC(N)C(C)(F)C1CCCOC1. The summed E-state index contributed by atoms with van der Waals surface area (Å²) in [5.74, 6) is -0.0220. The van der Waals surface area contributed by atoms with Gasteiger partial charge in [0.1, 0.15) is 5.67 Å². The number of hydrogen-bond donors (Lipinski definition) is 1. The van der Waals surface area contributed by atoms with E-state index in [1.54, 1.807) is 13.8 Å². The fourth-order valence-electron chi connectivity index (χ4n) is 1.56. The molecule has 0 aromatic rings. The zero-order valence-electron chi connectivity index (χ0n) is 7.85. The molecule has 2 nitrogen and oxygen atoms in total. The normalized spacial score (nSPS) is 32.5. The van der Waals surface area contributed by atoms with Crippen LogP contribution in [0.25, 0.3) is 0 Å². The van der Waals surface area contributed by atoms with Crippen LogP contribution in [0.2, 0.25) is 0 Å². The molecular formula is C9H18FNO. The van der Waals surface area contributed by atoms with Gasteiger partial charge < -0.3 is 10.5 Å². The van der Waals surface area contributed by atoms with Gasteiger partial charge in [-0.15, -0.1) is 0 Å². The number of rotatable bonds is 2. The monoisotopic (exact) mass is 175 g/mol. The molecule has 1 rings (SSSR count). The van der Waals surface area contributed by atoms with Gasteiger partial charge in [0.15, 0.2) is 0 Å². The predicted molar refractivity (Wildman–Crippen MR) is 46.7 cm³/mol. The van der Waals surface area contributed by atoms with E-state index < -0.39 is 11.7 Å². The van der Waals surface area contributed by atoms with E-state index in [0.717, 1.165) is 19.4 Å². The van der Waals surface area contributed by atoms with Crippen molar-refractivity contribution in [3.8, 4) is 0 Å². The second-order valence-corrected chi connectivity index (χ2v) is 3.85. The molecule has 0 spiro atoms. The molecule has 0 aromatic heterocycles. The summed E-state index contributed by atoms with van der Waals surface area (Å²) in [5.41, 5.74) is 4.29. The van der Waals surface area contributed by atoms with E-state index >= 15 is 0 Å². The topological polar surface area (TPSA) is 35.2 Å². The second kappa shape index (κ2) is 3.71. The minimum atomic E-state index is -1.28. The van der Waals surface area contributed by atoms with Crippen LogP contribution in [0.15, 0.2) is 0 Å². The molecule has 3 unspecified atom stereocenters. The smallest absolute Gasteiger partial charge is 0.128 e. The van der Waals surface area contributed by atoms with Gasteiger partial charge in [0.05, 0.1) is 6.61 Å². The summed E-state index contributed by atoms with van der Waals surface area (Å²) in [6, 6.07) is -0.413. The number of ether oxygens (including phenoxy) is 1. The highest BCUT2D eigenvalue weighted by atomic mass is 19.1. The summed E-state index contributed by atoms with van der Waals surface area (Å²) in [7, 11) is 0. The van der Waals surface area contributed by atoms with Gasteiger partial charge in [0, 0.05) is 18.6 Å². The van der Waals surface area contributed by atoms with Gasteiger partial charge in [-0.05, 0) is 26.7 Å². The molecule has 0 saturated carbocycles. The molecule has 1 saturated heterocycles. The summed E-state index contributed by atoms with van der Waals surface area (Å²) >= 11 is 0. The summed E-state index contributed by atoms with van der Waals surface area (Å²) in [5, 5.41) is 0. The maximum atomic E-state index is 13.9. The van der Waals surface area contributed by atoms with Crippen LogP contribution in [0.3, 0.4) is 0 Å². The molecule has 1 aliphatic rings. The van der Waals surface area contributed by atoms with Gasteiger partial charge in [-0.2, -0.15) is 0 Å². The van der Waals surface area contributed by atoms with Crippen LogP contribution in [0.1, 0.15) is 26.7 Å². The maximum absolute atomic E-state index is 13.9. The quantitative estimate of drug-likeness (QED) is 0.690. The fraction of sp³-hybridized carbons (Fsp3) is 1.00. The fourth-order valence-corrected chi connectivity index (χ4v) is 1.56. The molecule has 0 aromatic carbocycles. The van der Waals surface area contributed by atoms with Crippen molar-refractivity contribution in [2.45, 2.75) is 38.4 Å². The Bertz CT molecular complexity index is 141. The summed E-state index contributed by atoms with van der Waals surface area (Å²) in [6.07, 6.45) is 1.85. The van der Waals surface area contributed by atoms with Crippen molar-refractivity contribution in [2.24, 2.45) is 11.7 Å². The molecule has 1 fully saturated rings. The highest BCUT2D eigenvalue weighted by Gasteiger charge is 2.38. The van der Waals surface area contributed by atoms with E-state index in [0.29, 0.717) is 6.61 Å². The molecule has 0 bridgehead atoms. The lowest BCUT2D eigenvalue weighted by Gasteiger charge is -2.35. The first-order valence-corrected chi connectivity index (χ1v) is 4.57. The molecule has 12 heavy (non-hydrogen) atoms. The molecule has 3 heteroatoms. The van der Waals surface area contributed by atoms with Crippen LogP contribution in [0.4, 0.5) is 4.39 Å². The third-order valence-electron chi connectivity index (χ3n) is 2.85. The van der Waals surface area contributed by atoms with Gasteiger partial charge in [0.2, 0.25) is 0 Å². The Morgan fingerprint density at radius 2 is 2.33 bits per heavy atom. The van der Waals surface area contributed by atoms with Crippen LogP contribution in [-0.2, 0) is 4.74 Å². The Labute approximate surface area is 73.3 Å². The van der Waals surface area contributed by atoms with Crippen LogP contribution >= 0.6 is 0 Å². The Morgan fingerprint density at radius 3 is 2.75 bits per heavy atom. The van der Waals surface area contributed by atoms with Crippen molar-refractivity contribution in [2.75, 3.05) is 13.2 Å². The van der Waals surface area contributed by atoms with Gasteiger partial charge in [-0.25, -0.2) is 4.39 Å². The van der Waals surface area contributed by atoms with E-state index in [1.165, 1.54) is 0 Å². The van der Waals surface area contributed by atoms with Crippen molar-refractivity contribution in [1.82, 2.24) is 0 Å². The van der Waals surface area contributed by atoms with Crippen molar-refractivity contribution >= 4 is 0 Å². The third-order valence-corrected chi connectivity index (χ3v) is 2.85. The highest BCUT2D eigenvalue weighted by Crippen LogP contribution is 2.31. The van der Waals surface area contributed by atoms with Crippen LogP contribution < -0.4 is 5.73 Å². The first-order valence-electron chi connectivity index (χ1n) is 4.57. The molecule has 0 radical (unpaired) electrons. The largest absolute Gasteiger partial charge is 0.381 e. The minimum Gasteiger partial charge on any atom is -0.381 e. The van der Waals surface area contributed by atoms with E-state index in [-0.39, 0.29) is 5.92 Å². The second-order valence-electron chi connectivity index (χ2n) is 3.85. The van der Waals surface area contributed by atoms with Gasteiger partial charge >= 0.3 is 0 Å². The van der Waals surface area contributed by atoms with E-state index in [4.69, 9.17) is 10.5 Å². The molecule has 2 N–H and O–H groups in total. The lowest BCUT2D eigenvalue weighted by Crippen LogP contribution is -2.48. The first kappa shape index (κ1) is 9.93. The average molecular weight is 175 g/mol. The lowest BCUT2D eigenvalue weighted by molar-refractivity contribution is -0.0296.